The van der Waals surface area contributed by atoms with Crippen LogP contribution in [0.5, 0.6) is 0 Å². The maximum atomic E-state index is 4.80. The van der Waals surface area contributed by atoms with Gasteiger partial charge in [0.25, 0.3) is 0 Å². The van der Waals surface area contributed by atoms with Crippen LogP contribution in [0.2, 0.25) is 0 Å². The molecule has 0 amide bonds. The molecule has 1 aliphatic carbocycles. The Morgan fingerprint density at radius 1 is 1.16 bits per heavy atom. The molecule has 2 heterocycles. The van der Waals surface area contributed by atoms with Crippen molar-refractivity contribution in [1.82, 2.24) is 0 Å². The van der Waals surface area contributed by atoms with E-state index in [0.717, 1.165) is 6.42 Å². The lowest BCUT2D eigenvalue weighted by Crippen LogP contribution is -2.31. The Labute approximate surface area is 118 Å². The van der Waals surface area contributed by atoms with Crippen molar-refractivity contribution < 1.29 is 0 Å². The summed E-state index contributed by atoms with van der Waals surface area (Å²) in [6.45, 7) is 0. The molecule has 1 aromatic carbocycles. The van der Waals surface area contributed by atoms with Gasteiger partial charge in [-0.05, 0) is 77.4 Å². The fourth-order valence-electron chi connectivity index (χ4n) is 3.56. The van der Waals surface area contributed by atoms with Crippen molar-refractivity contribution in [3.05, 3.63) is 46.2 Å². The second kappa shape index (κ2) is 4.31. The normalized spacial score (nSPS) is 24.8. The van der Waals surface area contributed by atoms with Gasteiger partial charge in [-0.15, -0.1) is 0 Å². The van der Waals surface area contributed by atoms with Gasteiger partial charge in [0, 0.05) is 0 Å². The Morgan fingerprint density at radius 3 is 2.95 bits per heavy atom. The minimum atomic E-state index is 0.236. The maximum Gasteiger partial charge on any atom is 0.0651 e. The zero-order chi connectivity index (χ0) is 12.7. The summed E-state index contributed by atoms with van der Waals surface area (Å²) in [7, 11) is 0. The second-order valence-electron chi connectivity index (χ2n) is 5.71. The number of rotatable bonds is 1. The summed E-state index contributed by atoms with van der Waals surface area (Å²) in [6.07, 6.45) is 8.08. The van der Waals surface area contributed by atoms with Gasteiger partial charge in [-0.3, -0.25) is 4.99 Å². The van der Waals surface area contributed by atoms with Crippen molar-refractivity contribution in [3.63, 3.8) is 0 Å². The van der Waals surface area contributed by atoms with Crippen LogP contribution >= 0.6 is 11.3 Å². The van der Waals surface area contributed by atoms with E-state index in [2.05, 4.69) is 41.2 Å². The fraction of sp³-hybridized carbons (Fsp3) is 0.353. The first-order valence-electron chi connectivity index (χ1n) is 7.03. The largest absolute Gasteiger partial charge is 0.291 e. The van der Waals surface area contributed by atoms with E-state index < -0.39 is 0 Å². The SMILES string of the molecule is C1=N[C@@]2(CC1)CCc1c(cccc1-c1ccsc1)C2. The van der Waals surface area contributed by atoms with Crippen LogP contribution in [0.1, 0.15) is 30.4 Å². The van der Waals surface area contributed by atoms with E-state index >= 15 is 0 Å². The van der Waals surface area contributed by atoms with E-state index in [1.807, 2.05) is 0 Å². The first kappa shape index (κ1) is 11.4. The van der Waals surface area contributed by atoms with Crippen LogP contribution in [-0.2, 0) is 12.8 Å². The molecule has 2 heteroatoms. The number of hydrogen-bond donors (Lipinski definition) is 0. The van der Waals surface area contributed by atoms with Crippen LogP contribution in [0.3, 0.4) is 0 Å². The van der Waals surface area contributed by atoms with Gasteiger partial charge in [0.15, 0.2) is 0 Å². The van der Waals surface area contributed by atoms with Gasteiger partial charge in [0.05, 0.1) is 5.54 Å². The molecule has 1 aromatic heterocycles. The summed E-state index contributed by atoms with van der Waals surface area (Å²) in [5.74, 6) is 0. The average molecular weight is 267 g/mol. The third-order valence-corrected chi connectivity index (χ3v) is 5.25. The monoisotopic (exact) mass is 267 g/mol. The van der Waals surface area contributed by atoms with Crippen molar-refractivity contribution >= 4 is 17.6 Å². The molecule has 0 fully saturated rings. The molecule has 1 spiro atoms. The predicted molar refractivity (Wildman–Crippen MR) is 82.2 cm³/mol. The van der Waals surface area contributed by atoms with Crippen molar-refractivity contribution in [3.8, 4) is 11.1 Å². The molecule has 1 atom stereocenters. The summed E-state index contributed by atoms with van der Waals surface area (Å²) in [6, 6.07) is 9.03. The van der Waals surface area contributed by atoms with Crippen LogP contribution in [0, 0.1) is 0 Å². The summed E-state index contributed by atoms with van der Waals surface area (Å²) < 4.78 is 0. The molecular formula is C17H17NS. The van der Waals surface area contributed by atoms with Gasteiger partial charge < -0.3 is 0 Å². The highest BCUT2D eigenvalue weighted by Crippen LogP contribution is 2.40. The Bertz CT molecular complexity index is 627. The van der Waals surface area contributed by atoms with Crippen molar-refractivity contribution in [1.29, 1.82) is 0 Å². The molecule has 1 aliphatic heterocycles. The fourth-order valence-corrected chi connectivity index (χ4v) is 4.22. The topological polar surface area (TPSA) is 12.4 Å². The van der Waals surface area contributed by atoms with E-state index in [-0.39, 0.29) is 5.54 Å². The van der Waals surface area contributed by atoms with Gasteiger partial charge in [0.2, 0.25) is 0 Å². The zero-order valence-electron chi connectivity index (χ0n) is 10.9. The van der Waals surface area contributed by atoms with E-state index in [9.17, 15) is 0 Å². The van der Waals surface area contributed by atoms with Crippen molar-refractivity contribution in [2.45, 2.75) is 37.6 Å². The molecule has 1 nitrogen and oxygen atoms in total. The first-order chi connectivity index (χ1) is 9.36. The van der Waals surface area contributed by atoms with Crippen molar-refractivity contribution in [2.75, 3.05) is 0 Å². The standard InChI is InChI=1S/C17H17NS/c1-3-13-11-17(7-2-9-18-17)8-5-16(13)15(4-1)14-6-10-19-12-14/h1,3-4,6,9-10,12H,2,5,7-8,11H2/t17-/m0/s1. The van der Waals surface area contributed by atoms with Gasteiger partial charge >= 0.3 is 0 Å². The van der Waals surface area contributed by atoms with Crippen LogP contribution in [-0.4, -0.2) is 11.8 Å². The van der Waals surface area contributed by atoms with E-state index in [0.29, 0.717) is 0 Å². The van der Waals surface area contributed by atoms with Gasteiger partial charge in [0.1, 0.15) is 0 Å². The maximum absolute atomic E-state index is 4.80. The van der Waals surface area contributed by atoms with E-state index in [1.54, 1.807) is 16.9 Å². The number of nitrogens with zero attached hydrogens (tertiary/aromatic N) is 1. The number of benzene rings is 1. The minimum absolute atomic E-state index is 0.236. The third-order valence-electron chi connectivity index (χ3n) is 4.57. The molecular weight excluding hydrogens is 250 g/mol. The summed E-state index contributed by atoms with van der Waals surface area (Å²) >= 11 is 1.78. The zero-order valence-corrected chi connectivity index (χ0v) is 11.7. The van der Waals surface area contributed by atoms with Crippen LogP contribution in [0.4, 0.5) is 0 Å². The molecule has 0 saturated carbocycles. The number of hydrogen-bond acceptors (Lipinski definition) is 2. The molecule has 0 bridgehead atoms. The Hall–Kier alpha value is -1.41. The number of fused-ring (bicyclic) bond motifs is 1. The van der Waals surface area contributed by atoms with Gasteiger partial charge in [-0.2, -0.15) is 11.3 Å². The highest BCUT2D eigenvalue weighted by molar-refractivity contribution is 7.08. The van der Waals surface area contributed by atoms with Gasteiger partial charge in [-0.1, -0.05) is 18.2 Å². The minimum Gasteiger partial charge on any atom is -0.291 e. The molecule has 0 saturated heterocycles. The Kier molecular flexibility index (Phi) is 2.59. The van der Waals surface area contributed by atoms with E-state index in [1.165, 1.54) is 42.4 Å². The summed E-state index contributed by atoms with van der Waals surface area (Å²) in [5.41, 5.74) is 6.14. The Balaban J connectivity index is 1.78. The Morgan fingerprint density at radius 2 is 2.16 bits per heavy atom. The van der Waals surface area contributed by atoms with Crippen LogP contribution in [0.15, 0.2) is 40.0 Å². The highest BCUT2D eigenvalue weighted by atomic mass is 32.1. The molecule has 2 aliphatic rings. The molecule has 96 valence electrons. The predicted octanol–water partition coefficient (Wildman–Crippen LogP) is 4.51. The van der Waals surface area contributed by atoms with Crippen LogP contribution in [0.25, 0.3) is 11.1 Å². The highest BCUT2D eigenvalue weighted by Gasteiger charge is 2.35. The lowest BCUT2D eigenvalue weighted by atomic mass is 9.75. The van der Waals surface area contributed by atoms with E-state index in [4.69, 9.17) is 4.99 Å². The smallest absolute Gasteiger partial charge is 0.0651 e. The van der Waals surface area contributed by atoms with Crippen molar-refractivity contribution in [2.24, 2.45) is 4.99 Å². The lowest BCUT2D eigenvalue weighted by Gasteiger charge is -2.33. The molecule has 2 aromatic rings. The molecule has 0 unspecified atom stereocenters. The second-order valence-corrected chi connectivity index (χ2v) is 6.49. The molecule has 0 radical (unpaired) electrons. The average Bonchev–Trinajstić information content (AvgIpc) is 3.10. The lowest BCUT2D eigenvalue weighted by molar-refractivity contribution is 0.375. The number of thiophene rings is 1. The molecule has 4 rings (SSSR count). The number of aliphatic imine (C=N–C) groups is 1. The summed E-state index contributed by atoms with van der Waals surface area (Å²) in [5, 5.41) is 4.42. The quantitative estimate of drug-likeness (QED) is 0.721. The molecule has 0 N–H and O–H groups in total. The van der Waals surface area contributed by atoms with Gasteiger partial charge in [-0.25, -0.2) is 0 Å². The molecule has 19 heavy (non-hydrogen) atoms. The first-order valence-corrected chi connectivity index (χ1v) is 7.98. The third kappa shape index (κ3) is 1.86. The van der Waals surface area contributed by atoms with Crippen LogP contribution < -0.4 is 0 Å². The summed E-state index contributed by atoms with van der Waals surface area (Å²) in [4.78, 5) is 4.80.